The quantitative estimate of drug-likeness (QED) is 0.192. The maximum atomic E-state index is 4.81. The maximum Gasteiger partial charge on any atom is 0.0886 e. The van der Waals surface area contributed by atoms with Crippen molar-refractivity contribution in [2.24, 2.45) is 0 Å². The third-order valence-electron chi connectivity index (χ3n) is 9.17. The van der Waals surface area contributed by atoms with Gasteiger partial charge >= 0.3 is 0 Å². The molecule has 2 heterocycles. The molecule has 46 heavy (non-hydrogen) atoms. The van der Waals surface area contributed by atoms with Crippen LogP contribution in [0.3, 0.4) is 0 Å². The lowest BCUT2D eigenvalue weighted by molar-refractivity contribution is 1.25. The summed E-state index contributed by atoms with van der Waals surface area (Å²) in [6.07, 6.45) is 3.77. The minimum atomic E-state index is 0.866. The largest absolute Gasteiger partial charge is 0.255 e. The van der Waals surface area contributed by atoms with E-state index in [0.717, 1.165) is 22.5 Å². The van der Waals surface area contributed by atoms with Crippen molar-refractivity contribution in [3.63, 3.8) is 0 Å². The van der Waals surface area contributed by atoms with Crippen LogP contribution in [0.25, 0.3) is 87.9 Å². The number of aromatic nitrogens is 2. The molecule has 0 radical (unpaired) electrons. The van der Waals surface area contributed by atoms with Crippen LogP contribution in [0, 0.1) is 0 Å². The van der Waals surface area contributed by atoms with Gasteiger partial charge in [0.1, 0.15) is 0 Å². The Morgan fingerprint density at radius 1 is 0.326 bits per heavy atom. The molecule has 0 spiro atoms. The first-order valence-electron chi connectivity index (χ1n) is 15.7. The molecule has 0 unspecified atom stereocenters. The van der Waals surface area contributed by atoms with Gasteiger partial charge in [-0.25, -0.2) is 0 Å². The van der Waals surface area contributed by atoms with Crippen LogP contribution in [0.15, 0.2) is 170 Å². The summed E-state index contributed by atoms with van der Waals surface area (Å²) in [6.45, 7) is 0. The van der Waals surface area contributed by atoms with Crippen molar-refractivity contribution in [2.45, 2.75) is 0 Å². The van der Waals surface area contributed by atoms with Crippen molar-refractivity contribution >= 4 is 43.1 Å². The van der Waals surface area contributed by atoms with Crippen molar-refractivity contribution in [1.82, 2.24) is 9.97 Å². The summed E-state index contributed by atoms with van der Waals surface area (Å²) in [4.78, 5) is 9.30. The molecule has 9 aromatic rings. The Labute approximate surface area is 267 Å². The second-order valence-electron chi connectivity index (χ2n) is 11.8. The minimum absolute atomic E-state index is 0.866. The van der Waals surface area contributed by atoms with Crippen LogP contribution in [-0.4, -0.2) is 9.97 Å². The number of rotatable bonds is 4. The number of benzene rings is 7. The van der Waals surface area contributed by atoms with E-state index in [9.17, 15) is 0 Å². The molecule has 2 heteroatoms. The van der Waals surface area contributed by atoms with E-state index in [4.69, 9.17) is 4.98 Å². The van der Waals surface area contributed by atoms with Gasteiger partial charge in [-0.3, -0.25) is 9.97 Å². The van der Waals surface area contributed by atoms with Gasteiger partial charge in [0.2, 0.25) is 0 Å². The molecular weight excluding hydrogens is 556 g/mol. The highest BCUT2D eigenvalue weighted by molar-refractivity contribution is 6.25. The van der Waals surface area contributed by atoms with Gasteiger partial charge in [-0.2, -0.15) is 0 Å². The van der Waals surface area contributed by atoms with E-state index in [1.807, 2.05) is 24.4 Å². The molecule has 0 fully saturated rings. The smallest absolute Gasteiger partial charge is 0.0886 e. The lowest BCUT2D eigenvalue weighted by Crippen LogP contribution is -1.93. The molecule has 0 aliphatic rings. The summed E-state index contributed by atoms with van der Waals surface area (Å²) < 4.78 is 0. The fourth-order valence-corrected chi connectivity index (χ4v) is 7.06. The second-order valence-corrected chi connectivity index (χ2v) is 11.8. The Kier molecular flexibility index (Phi) is 6.17. The van der Waals surface area contributed by atoms with Gasteiger partial charge < -0.3 is 0 Å². The standard InChI is InChI=1S/C44H28N2/c1-3-15-33-29(11-1)13-9-19-35(33)43-37-17-5-6-18-38(37)44(36-20-10-14-30-12-2-4-16-34(30)36)40-27-31(22-24-39(40)43)32-23-25-42(46-28-32)41-21-7-8-26-45-41/h1-28H. The van der Waals surface area contributed by atoms with Crippen LogP contribution >= 0.6 is 0 Å². The monoisotopic (exact) mass is 584 g/mol. The van der Waals surface area contributed by atoms with Gasteiger partial charge in [0.25, 0.3) is 0 Å². The Morgan fingerprint density at radius 3 is 1.46 bits per heavy atom. The molecule has 0 saturated heterocycles. The Hall–Kier alpha value is -6.12. The van der Waals surface area contributed by atoms with Gasteiger partial charge in [0.05, 0.1) is 11.4 Å². The highest BCUT2D eigenvalue weighted by atomic mass is 14.8. The molecule has 2 nitrogen and oxygen atoms in total. The average molecular weight is 585 g/mol. The molecular formula is C44H28N2. The molecule has 214 valence electrons. The van der Waals surface area contributed by atoms with E-state index in [2.05, 4.69) is 145 Å². The van der Waals surface area contributed by atoms with Crippen LogP contribution < -0.4 is 0 Å². The molecule has 0 bridgehead atoms. The maximum absolute atomic E-state index is 4.81. The van der Waals surface area contributed by atoms with Crippen molar-refractivity contribution in [3.8, 4) is 44.8 Å². The van der Waals surface area contributed by atoms with Crippen molar-refractivity contribution in [2.75, 3.05) is 0 Å². The first-order chi connectivity index (χ1) is 22.8. The fraction of sp³-hybridized carbons (Fsp3) is 0. The zero-order valence-electron chi connectivity index (χ0n) is 25.1. The van der Waals surface area contributed by atoms with Crippen molar-refractivity contribution < 1.29 is 0 Å². The summed E-state index contributed by atoms with van der Waals surface area (Å²) in [5.74, 6) is 0. The highest BCUT2D eigenvalue weighted by Gasteiger charge is 2.20. The van der Waals surface area contributed by atoms with Gasteiger partial charge in [-0.15, -0.1) is 0 Å². The van der Waals surface area contributed by atoms with Crippen LogP contribution in [0.5, 0.6) is 0 Å². The summed E-state index contributed by atoms with van der Waals surface area (Å²) in [5.41, 5.74) is 8.96. The van der Waals surface area contributed by atoms with Gasteiger partial charge in [0.15, 0.2) is 0 Å². The lowest BCUT2D eigenvalue weighted by atomic mass is 9.83. The molecule has 0 aliphatic heterocycles. The summed E-state index contributed by atoms with van der Waals surface area (Å²) in [5, 5.41) is 9.95. The van der Waals surface area contributed by atoms with Crippen molar-refractivity contribution in [3.05, 3.63) is 170 Å². The predicted octanol–water partition coefficient (Wildman–Crippen LogP) is 11.8. The van der Waals surface area contributed by atoms with Crippen LogP contribution in [-0.2, 0) is 0 Å². The number of nitrogens with zero attached hydrogens (tertiary/aromatic N) is 2. The molecule has 7 aromatic carbocycles. The van der Waals surface area contributed by atoms with Crippen LogP contribution in [0.4, 0.5) is 0 Å². The third-order valence-corrected chi connectivity index (χ3v) is 9.17. The second kappa shape index (κ2) is 10.8. The summed E-state index contributed by atoms with van der Waals surface area (Å²) in [6, 6.07) is 56.7. The normalized spacial score (nSPS) is 11.5. The fourth-order valence-electron chi connectivity index (χ4n) is 7.06. The number of fused-ring (bicyclic) bond motifs is 4. The molecule has 9 rings (SSSR count). The first-order valence-corrected chi connectivity index (χ1v) is 15.7. The van der Waals surface area contributed by atoms with Crippen LogP contribution in [0.1, 0.15) is 0 Å². The molecule has 0 atom stereocenters. The molecule has 0 saturated carbocycles. The van der Waals surface area contributed by atoms with E-state index in [-0.39, 0.29) is 0 Å². The summed E-state index contributed by atoms with van der Waals surface area (Å²) >= 11 is 0. The van der Waals surface area contributed by atoms with Gasteiger partial charge in [-0.05, 0) is 95.2 Å². The number of pyridine rings is 2. The highest BCUT2D eigenvalue weighted by Crippen LogP contribution is 2.47. The zero-order valence-corrected chi connectivity index (χ0v) is 25.1. The van der Waals surface area contributed by atoms with Crippen molar-refractivity contribution in [1.29, 1.82) is 0 Å². The summed E-state index contributed by atoms with van der Waals surface area (Å²) in [7, 11) is 0. The molecule has 0 aliphatic carbocycles. The van der Waals surface area contributed by atoms with E-state index in [1.54, 1.807) is 6.20 Å². The minimum Gasteiger partial charge on any atom is -0.255 e. The van der Waals surface area contributed by atoms with E-state index >= 15 is 0 Å². The number of hydrogen-bond acceptors (Lipinski definition) is 2. The van der Waals surface area contributed by atoms with Crippen LogP contribution in [0.2, 0.25) is 0 Å². The third kappa shape index (κ3) is 4.27. The average Bonchev–Trinajstić information content (AvgIpc) is 3.14. The Balaban J connectivity index is 1.38. The zero-order chi connectivity index (χ0) is 30.5. The molecule has 0 amide bonds. The predicted molar refractivity (Wildman–Crippen MR) is 194 cm³/mol. The topological polar surface area (TPSA) is 25.8 Å². The van der Waals surface area contributed by atoms with Gasteiger partial charge in [-0.1, -0.05) is 133 Å². The Morgan fingerprint density at radius 2 is 0.848 bits per heavy atom. The van der Waals surface area contributed by atoms with E-state index < -0.39 is 0 Å². The first kappa shape index (κ1) is 26.3. The van der Waals surface area contributed by atoms with Gasteiger partial charge in [0, 0.05) is 18.0 Å². The lowest BCUT2D eigenvalue weighted by Gasteiger charge is -2.20. The van der Waals surface area contributed by atoms with E-state index in [0.29, 0.717) is 0 Å². The number of hydrogen-bond donors (Lipinski definition) is 0. The molecule has 0 N–H and O–H groups in total. The SMILES string of the molecule is c1ccc(-c2ccc(-c3ccc4c(-c5cccc6ccccc56)c5ccccc5c(-c5cccc6ccccc56)c4c3)cn2)nc1. The molecule has 2 aromatic heterocycles. The Bertz CT molecular complexity index is 2560. The van der Waals surface area contributed by atoms with E-state index in [1.165, 1.54) is 65.3 Å².